The van der Waals surface area contributed by atoms with Crippen molar-refractivity contribution in [1.82, 2.24) is 0 Å². The van der Waals surface area contributed by atoms with Crippen molar-refractivity contribution in [3.63, 3.8) is 0 Å². The molecule has 0 spiro atoms. The Kier molecular flexibility index (Phi) is 4.77. The monoisotopic (exact) mass is 292 g/mol. The van der Waals surface area contributed by atoms with Crippen LogP contribution in [0.25, 0.3) is 6.08 Å². The van der Waals surface area contributed by atoms with Crippen LogP contribution in [0.2, 0.25) is 4.34 Å². The van der Waals surface area contributed by atoms with Crippen molar-refractivity contribution in [3.05, 3.63) is 57.3 Å². The Balaban J connectivity index is 2.03. The third-order valence-electron chi connectivity index (χ3n) is 2.43. The Morgan fingerprint density at radius 3 is 2.58 bits per heavy atom. The summed E-state index contributed by atoms with van der Waals surface area (Å²) in [6, 6.07) is 11.1. The van der Waals surface area contributed by atoms with E-state index in [0.29, 0.717) is 15.8 Å². The summed E-state index contributed by atoms with van der Waals surface area (Å²) >= 11 is 7.08. The molecule has 0 saturated carbocycles. The van der Waals surface area contributed by atoms with Crippen LogP contribution in [0.15, 0.2) is 42.5 Å². The molecule has 4 heteroatoms. The molecule has 0 aliphatic heterocycles. The van der Waals surface area contributed by atoms with Gasteiger partial charge in [-0.15, -0.1) is 11.3 Å². The lowest BCUT2D eigenvalue weighted by atomic mass is 10.2. The summed E-state index contributed by atoms with van der Waals surface area (Å²) in [4.78, 5) is 12.5. The second-order valence-corrected chi connectivity index (χ2v) is 5.52. The van der Waals surface area contributed by atoms with E-state index in [1.54, 1.807) is 24.3 Å². The van der Waals surface area contributed by atoms with Gasteiger partial charge in [0.1, 0.15) is 5.75 Å². The van der Waals surface area contributed by atoms with Crippen molar-refractivity contribution in [2.75, 3.05) is 6.61 Å². The van der Waals surface area contributed by atoms with Crippen molar-refractivity contribution in [1.29, 1.82) is 0 Å². The summed E-state index contributed by atoms with van der Waals surface area (Å²) in [7, 11) is 0. The molecule has 1 aromatic heterocycles. The topological polar surface area (TPSA) is 26.3 Å². The highest BCUT2D eigenvalue weighted by molar-refractivity contribution is 7.18. The van der Waals surface area contributed by atoms with E-state index >= 15 is 0 Å². The molecule has 98 valence electrons. The molecule has 0 saturated heterocycles. The minimum atomic E-state index is -0.0363. The number of hydrogen-bond acceptors (Lipinski definition) is 3. The summed E-state index contributed by atoms with van der Waals surface area (Å²) in [6.07, 6.45) is 3.34. The first-order valence-corrected chi connectivity index (χ1v) is 7.09. The lowest BCUT2D eigenvalue weighted by molar-refractivity contribution is 0.105. The Morgan fingerprint density at radius 1 is 1.26 bits per heavy atom. The van der Waals surface area contributed by atoms with Crippen molar-refractivity contribution in [2.24, 2.45) is 0 Å². The van der Waals surface area contributed by atoms with Gasteiger partial charge in [-0.2, -0.15) is 0 Å². The van der Waals surface area contributed by atoms with Crippen LogP contribution in [0.1, 0.15) is 22.2 Å². The second-order valence-electron chi connectivity index (χ2n) is 3.80. The van der Waals surface area contributed by atoms with Crippen molar-refractivity contribution < 1.29 is 9.53 Å². The van der Waals surface area contributed by atoms with Crippen LogP contribution in [0, 0.1) is 0 Å². The van der Waals surface area contributed by atoms with E-state index in [9.17, 15) is 4.79 Å². The van der Waals surface area contributed by atoms with Gasteiger partial charge < -0.3 is 4.74 Å². The summed E-state index contributed by atoms with van der Waals surface area (Å²) in [6.45, 7) is 2.59. The zero-order valence-corrected chi connectivity index (χ0v) is 12.0. The van der Waals surface area contributed by atoms with E-state index in [0.717, 1.165) is 11.3 Å². The molecule has 2 rings (SSSR count). The van der Waals surface area contributed by atoms with Gasteiger partial charge in [-0.1, -0.05) is 29.8 Å². The third kappa shape index (κ3) is 3.94. The third-order valence-corrected chi connectivity index (χ3v) is 3.68. The Morgan fingerprint density at radius 2 is 2.00 bits per heavy atom. The van der Waals surface area contributed by atoms with Gasteiger partial charge in [-0.3, -0.25) is 4.79 Å². The zero-order chi connectivity index (χ0) is 13.7. The second kappa shape index (κ2) is 6.55. The first kappa shape index (κ1) is 13.8. The molecule has 0 atom stereocenters. The number of hydrogen-bond donors (Lipinski definition) is 0. The van der Waals surface area contributed by atoms with Crippen molar-refractivity contribution in [3.8, 4) is 5.75 Å². The first-order valence-electron chi connectivity index (χ1n) is 5.89. The molecule has 0 bridgehead atoms. The van der Waals surface area contributed by atoms with E-state index in [4.69, 9.17) is 16.3 Å². The molecule has 0 unspecified atom stereocenters. The highest BCUT2D eigenvalue weighted by Gasteiger charge is 2.04. The van der Waals surface area contributed by atoms with Gasteiger partial charge in [0.05, 0.1) is 15.8 Å². The molecular weight excluding hydrogens is 280 g/mol. The van der Waals surface area contributed by atoms with Crippen molar-refractivity contribution in [2.45, 2.75) is 6.92 Å². The van der Waals surface area contributed by atoms with Gasteiger partial charge >= 0.3 is 0 Å². The molecule has 2 aromatic rings. The van der Waals surface area contributed by atoms with Gasteiger partial charge in [0.2, 0.25) is 0 Å². The lowest BCUT2D eigenvalue weighted by Gasteiger charge is -2.02. The van der Waals surface area contributed by atoms with Crippen molar-refractivity contribution >= 4 is 34.8 Å². The Bertz CT molecular complexity index is 584. The van der Waals surface area contributed by atoms with Gasteiger partial charge in [0.25, 0.3) is 0 Å². The number of carbonyl (C=O) groups excluding carboxylic acids is 1. The molecule has 19 heavy (non-hydrogen) atoms. The maximum absolute atomic E-state index is 11.8. The quantitative estimate of drug-likeness (QED) is 0.590. The lowest BCUT2D eigenvalue weighted by Crippen LogP contribution is -1.91. The highest BCUT2D eigenvalue weighted by atomic mass is 35.5. The summed E-state index contributed by atoms with van der Waals surface area (Å²) in [5.41, 5.74) is 0.958. The van der Waals surface area contributed by atoms with Gasteiger partial charge in [-0.05, 0) is 42.8 Å². The minimum absolute atomic E-state index is 0.0363. The van der Waals surface area contributed by atoms with E-state index in [-0.39, 0.29) is 5.78 Å². The summed E-state index contributed by atoms with van der Waals surface area (Å²) < 4.78 is 5.98. The fourth-order valence-electron chi connectivity index (χ4n) is 1.54. The maximum Gasteiger partial charge on any atom is 0.195 e. The SMILES string of the molecule is CCOc1ccc(C=CC(=O)c2ccc(Cl)s2)cc1. The highest BCUT2D eigenvalue weighted by Crippen LogP contribution is 2.22. The molecule has 0 N–H and O–H groups in total. The number of allylic oxidation sites excluding steroid dienone is 1. The normalized spacial score (nSPS) is 10.8. The average molecular weight is 293 g/mol. The minimum Gasteiger partial charge on any atom is -0.494 e. The van der Waals surface area contributed by atoms with Crippen LogP contribution < -0.4 is 4.74 Å². The van der Waals surface area contributed by atoms with E-state index in [1.807, 2.05) is 31.2 Å². The zero-order valence-electron chi connectivity index (χ0n) is 10.4. The predicted molar refractivity (Wildman–Crippen MR) is 80.3 cm³/mol. The standard InChI is InChI=1S/C15H13ClO2S/c1-2-18-12-6-3-11(4-7-12)5-8-13(17)14-9-10-15(16)19-14/h3-10H,2H2,1H3. The Labute approximate surface area is 121 Å². The molecule has 0 amide bonds. The maximum atomic E-state index is 11.8. The molecule has 0 fully saturated rings. The van der Waals surface area contributed by atoms with E-state index in [1.165, 1.54) is 11.3 Å². The van der Waals surface area contributed by atoms with E-state index in [2.05, 4.69) is 0 Å². The fourth-order valence-corrected chi connectivity index (χ4v) is 2.51. The summed E-state index contributed by atoms with van der Waals surface area (Å²) in [5.74, 6) is 0.793. The van der Waals surface area contributed by atoms with Gasteiger partial charge in [0.15, 0.2) is 5.78 Å². The number of ether oxygens (including phenoxy) is 1. The summed E-state index contributed by atoms with van der Waals surface area (Å²) in [5, 5.41) is 0. The van der Waals surface area contributed by atoms with Crippen LogP contribution in [-0.4, -0.2) is 12.4 Å². The van der Waals surface area contributed by atoms with Crippen LogP contribution in [-0.2, 0) is 0 Å². The molecule has 0 aliphatic rings. The number of benzene rings is 1. The fraction of sp³-hybridized carbons (Fsp3) is 0.133. The largest absolute Gasteiger partial charge is 0.494 e. The predicted octanol–water partition coefficient (Wildman–Crippen LogP) is 4.70. The van der Waals surface area contributed by atoms with Gasteiger partial charge in [-0.25, -0.2) is 0 Å². The molecule has 1 heterocycles. The smallest absolute Gasteiger partial charge is 0.195 e. The number of carbonyl (C=O) groups is 1. The van der Waals surface area contributed by atoms with Crippen LogP contribution >= 0.6 is 22.9 Å². The van der Waals surface area contributed by atoms with Crippen LogP contribution in [0.5, 0.6) is 5.75 Å². The number of ketones is 1. The average Bonchev–Trinajstić information content (AvgIpc) is 2.85. The Hall–Kier alpha value is -1.58. The van der Waals surface area contributed by atoms with Crippen LogP contribution in [0.3, 0.4) is 0 Å². The number of halogens is 1. The van der Waals surface area contributed by atoms with E-state index < -0.39 is 0 Å². The van der Waals surface area contributed by atoms with Gasteiger partial charge in [0, 0.05) is 0 Å². The van der Waals surface area contributed by atoms with Crippen LogP contribution in [0.4, 0.5) is 0 Å². The molecule has 2 nitrogen and oxygen atoms in total. The molecule has 0 radical (unpaired) electrons. The molecule has 0 aliphatic carbocycles. The molecule has 1 aromatic carbocycles. The number of thiophene rings is 1. The number of rotatable bonds is 5. The molecular formula is C15H13ClO2S. The first-order chi connectivity index (χ1) is 9.19.